The normalized spacial score (nSPS) is 10.5. The van der Waals surface area contributed by atoms with Crippen molar-refractivity contribution in [2.75, 3.05) is 7.11 Å². The van der Waals surface area contributed by atoms with Gasteiger partial charge in [-0.2, -0.15) is 0 Å². The van der Waals surface area contributed by atoms with Crippen molar-refractivity contribution in [1.82, 2.24) is 0 Å². The topological polar surface area (TPSA) is 32.3 Å². The van der Waals surface area contributed by atoms with Crippen molar-refractivity contribution in [2.45, 2.75) is 13.1 Å². The molecule has 0 radical (unpaired) electrons. The minimum Gasteiger partial charge on any atom is -0.855 e. The van der Waals surface area contributed by atoms with E-state index >= 15 is 0 Å². The van der Waals surface area contributed by atoms with Crippen LogP contribution in [0.15, 0.2) is 24.3 Å². The Morgan fingerprint density at radius 2 is 1.62 bits per heavy atom. The molecule has 1 rings (SSSR count). The zero-order valence-electron chi connectivity index (χ0n) is 8.63. The van der Waals surface area contributed by atoms with Gasteiger partial charge in [0.25, 0.3) is 0 Å². The number of ether oxygens (including phenoxy) is 1. The molecule has 0 N–H and O–H groups in total. The molecule has 0 aliphatic heterocycles. The molecule has 0 fully saturated rings. The van der Waals surface area contributed by atoms with E-state index in [0.717, 1.165) is 10.9 Å². The molecule has 0 unspecified atom stereocenters. The van der Waals surface area contributed by atoms with Gasteiger partial charge < -0.3 is 9.53 Å². The maximum Gasteiger partial charge on any atom is 1.00 e. The van der Waals surface area contributed by atoms with E-state index in [4.69, 9.17) is 4.74 Å². The van der Waals surface area contributed by atoms with Gasteiger partial charge in [-0.05, 0) is 20.5 Å². The van der Waals surface area contributed by atoms with E-state index in [1.807, 2.05) is 24.3 Å². The second-order valence-corrected chi connectivity index (χ2v) is 6.84. The predicted octanol–water partition coefficient (Wildman–Crippen LogP) is -2.53. The molecule has 13 heavy (non-hydrogen) atoms. The Labute approximate surface area is 123 Å². The van der Waals surface area contributed by atoms with Gasteiger partial charge in [-0.3, -0.25) is 0 Å². The Morgan fingerprint density at radius 3 is 1.92 bits per heavy atom. The number of hydrogen-bond acceptors (Lipinski definition) is 2. The van der Waals surface area contributed by atoms with Crippen LogP contribution >= 0.6 is 0 Å². The van der Waals surface area contributed by atoms with Crippen molar-refractivity contribution >= 4 is 13.5 Å². The van der Waals surface area contributed by atoms with Gasteiger partial charge in [0.2, 0.25) is 0 Å². The van der Waals surface area contributed by atoms with Crippen molar-refractivity contribution < 1.29 is 60.9 Å². The summed E-state index contributed by atoms with van der Waals surface area (Å²) in [4.78, 5) is 11.6. The standard InChI is InChI=1S/C9H13O2Si.K/c1-11-8-4-6-9(7-5-8)12(2,3)10;/h4-7H,1-3H3;/q-1;+1. The molecule has 66 valence electrons. The molecule has 0 spiro atoms. The molecule has 1 aromatic rings. The zero-order valence-corrected chi connectivity index (χ0v) is 12.7. The largest absolute Gasteiger partial charge is 1.00 e. The summed E-state index contributed by atoms with van der Waals surface area (Å²) in [5.41, 5.74) is 0. The zero-order chi connectivity index (χ0) is 9.19. The number of hydrogen-bond donors (Lipinski definition) is 0. The molecule has 0 bridgehead atoms. The van der Waals surface area contributed by atoms with Gasteiger partial charge in [0, 0.05) is 0 Å². The predicted molar refractivity (Wildman–Crippen MR) is 50.1 cm³/mol. The number of rotatable bonds is 2. The van der Waals surface area contributed by atoms with Gasteiger partial charge in [0.15, 0.2) is 0 Å². The monoisotopic (exact) mass is 220 g/mol. The van der Waals surface area contributed by atoms with Crippen LogP contribution in [0.3, 0.4) is 0 Å². The fraction of sp³-hybridized carbons (Fsp3) is 0.333. The van der Waals surface area contributed by atoms with Gasteiger partial charge in [-0.15, -0.1) is 0 Å². The molecule has 0 aromatic heterocycles. The number of methoxy groups -OCH3 is 1. The summed E-state index contributed by atoms with van der Waals surface area (Å²) in [6.45, 7) is 3.57. The molecule has 0 saturated carbocycles. The van der Waals surface area contributed by atoms with Crippen LogP contribution in [0.1, 0.15) is 0 Å². The quantitative estimate of drug-likeness (QED) is 0.515. The second-order valence-electron chi connectivity index (χ2n) is 3.24. The van der Waals surface area contributed by atoms with E-state index in [-0.39, 0.29) is 51.4 Å². The van der Waals surface area contributed by atoms with E-state index in [9.17, 15) is 4.80 Å². The maximum atomic E-state index is 11.6. The van der Waals surface area contributed by atoms with Crippen LogP contribution in [0.4, 0.5) is 0 Å². The Balaban J connectivity index is 0.00000144. The van der Waals surface area contributed by atoms with E-state index in [0.29, 0.717) is 0 Å². The summed E-state index contributed by atoms with van der Waals surface area (Å²) in [5, 5.41) is 0.920. The molecule has 4 heteroatoms. The SMILES string of the molecule is COc1ccc([Si](C)(C)[O-])cc1.[K+]. The van der Waals surface area contributed by atoms with E-state index in [1.165, 1.54) is 0 Å². The summed E-state index contributed by atoms with van der Waals surface area (Å²) in [6.07, 6.45) is 0. The van der Waals surface area contributed by atoms with Crippen LogP contribution in [0.5, 0.6) is 5.75 Å². The maximum absolute atomic E-state index is 11.6. The summed E-state index contributed by atoms with van der Waals surface area (Å²) < 4.78 is 5.00. The molecule has 0 aliphatic carbocycles. The molecule has 1 aromatic carbocycles. The summed E-state index contributed by atoms with van der Waals surface area (Å²) in [5.74, 6) is 0.803. The first-order chi connectivity index (χ1) is 5.54. The fourth-order valence-electron chi connectivity index (χ4n) is 0.992. The fourth-order valence-corrected chi connectivity index (χ4v) is 1.96. The molecule has 0 heterocycles. The smallest absolute Gasteiger partial charge is 0.855 e. The first-order valence-electron chi connectivity index (χ1n) is 3.89. The second kappa shape index (κ2) is 5.65. The molecule has 0 amide bonds. The average Bonchev–Trinajstić information content (AvgIpc) is 2.03. The minimum atomic E-state index is -2.37. The van der Waals surface area contributed by atoms with Crippen molar-refractivity contribution in [3.8, 4) is 5.75 Å². The van der Waals surface area contributed by atoms with Crippen LogP contribution in [-0.2, 0) is 0 Å². The minimum absolute atomic E-state index is 0. The van der Waals surface area contributed by atoms with Crippen LogP contribution in [-0.4, -0.2) is 15.4 Å². The summed E-state index contributed by atoms with van der Waals surface area (Å²) in [6, 6.07) is 7.39. The Kier molecular flexibility index (Phi) is 6.01. The Bertz CT molecular complexity index is 253. The summed E-state index contributed by atoms with van der Waals surface area (Å²) >= 11 is 0. The van der Waals surface area contributed by atoms with Gasteiger partial charge in [-0.1, -0.05) is 30.4 Å². The first-order valence-corrected chi connectivity index (χ1v) is 6.80. The van der Waals surface area contributed by atoms with Crippen LogP contribution in [0.25, 0.3) is 0 Å². The third-order valence-electron chi connectivity index (χ3n) is 1.79. The van der Waals surface area contributed by atoms with Gasteiger partial charge in [-0.25, -0.2) is 0 Å². The molecular weight excluding hydrogens is 207 g/mol. The van der Waals surface area contributed by atoms with Crippen molar-refractivity contribution in [1.29, 1.82) is 0 Å². The molecular formula is C9H13KO2Si. The Hall–Kier alpha value is 0.833. The van der Waals surface area contributed by atoms with E-state index < -0.39 is 8.32 Å². The van der Waals surface area contributed by atoms with Gasteiger partial charge >= 0.3 is 51.4 Å². The van der Waals surface area contributed by atoms with Crippen LogP contribution in [0, 0.1) is 0 Å². The van der Waals surface area contributed by atoms with Gasteiger partial charge in [0.1, 0.15) is 5.75 Å². The third kappa shape index (κ3) is 4.25. The van der Waals surface area contributed by atoms with E-state index in [2.05, 4.69) is 0 Å². The van der Waals surface area contributed by atoms with Crippen molar-refractivity contribution in [3.63, 3.8) is 0 Å². The summed E-state index contributed by atoms with van der Waals surface area (Å²) in [7, 11) is -0.755. The van der Waals surface area contributed by atoms with Crippen molar-refractivity contribution in [3.05, 3.63) is 24.3 Å². The first kappa shape index (κ1) is 13.8. The van der Waals surface area contributed by atoms with Crippen LogP contribution < -0.4 is 66.1 Å². The van der Waals surface area contributed by atoms with Crippen molar-refractivity contribution in [2.24, 2.45) is 0 Å². The van der Waals surface area contributed by atoms with E-state index in [1.54, 1.807) is 20.2 Å². The Morgan fingerprint density at radius 1 is 1.15 bits per heavy atom. The van der Waals surface area contributed by atoms with Crippen LogP contribution in [0.2, 0.25) is 13.1 Å². The molecule has 0 aliphatic rings. The van der Waals surface area contributed by atoms with Gasteiger partial charge in [0.05, 0.1) is 7.11 Å². The molecule has 0 atom stereocenters. The average molecular weight is 220 g/mol. The molecule has 2 nitrogen and oxygen atoms in total. The third-order valence-corrected chi connectivity index (χ3v) is 3.51. The molecule has 0 saturated heterocycles. The number of benzene rings is 1.